The minimum atomic E-state index is -0.842. The van der Waals surface area contributed by atoms with E-state index >= 15 is 0 Å². The number of amides is 3. The van der Waals surface area contributed by atoms with Gasteiger partial charge in [-0.3, -0.25) is 19.3 Å². The second kappa shape index (κ2) is 11.3. The number of aromatic nitrogens is 1. The van der Waals surface area contributed by atoms with Gasteiger partial charge in [0.05, 0.1) is 10.6 Å². The highest BCUT2D eigenvalue weighted by atomic mass is 35.5. The summed E-state index contributed by atoms with van der Waals surface area (Å²) in [6.07, 6.45) is 0.638. The zero-order chi connectivity index (χ0) is 25.7. The lowest BCUT2D eigenvalue weighted by molar-refractivity contribution is 0.0925. The SMILES string of the molecule is O=C(Nc1ccc(NC(=O)c2ocnc2C(=O)NCCN2CCC(F)C2)cc1)c1ccc(F)cc1Cl. The van der Waals surface area contributed by atoms with Crippen LogP contribution in [0, 0.1) is 5.82 Å². The summed E-state index contributed by atoms with van der Waals surface area (Å²) in [5, 5.41) is 7.86. The van der Waals surface area contributed by atoms with Gasteiger partial charge in [-0.25, -0.2) is 13.8 Å². The molecule has 2 heterocycles. The summed E-state index contributed by atoms with van der Waals surface area (Å²) >= 11 is 5.91. The van der Waals surface area contributed by atoms with E-state index in [1.807, 2.05) is 4.90 Å². The number of carbonyl (C=O) groups is 3. The standard InChI is InChI=1S/C24H22ClF2N5O4/c25-19-11-14(26)1-6-18(19)22(33)30-16-2-4-17(5-3-16)31-24(35)21-20(29-13-36-21)23(34)28-8-10-32-9-7-15(27)12-32/h1-6,11,13,15H,7-10,12H2,(H,28,34)(H,30,33)(H,31,35). The first-order chi connectivity index (χ1) is 17.3. The Balaban J connectivity index is 1.31. The topological polar surface area (TPSA) is 117 Å². The number of likely N-dealkylation sites (tertiary alicyclic amines) is 1. The smallest absolute Gasteiger partial charge is 0.293 e. The maximum Gasteiger partial charge on any atom is 0.293 e. The maximum absolute atomic E-state index is 13.2. The van der Waals surface area contributed by atoms with Crippen molar-refractivity contribution < 1.29 is 27.6 Å². The summed E-state index contributed by atoms with van der Waals surface area (Å²) in [5.74, 6) is -2.61. The van der Waals surface area contributed by atoms with Crippen LogP contribution in [0.25, 0.3) is 0 Å². The monoisotopic (exact) mass is 517 g/mol. The van der Waals surface area contributed by atoms with Crippen molar-refractivity contribution in [2.24, 2.45) is 0 Å². The third-order valence-corrected chi connectivity index (χ3v) is 5.81. The van der Waals surface area contributed by atoms with Crippen LogP contribution in [0.4, 0.5) is 20.2 Å². The number of alkyl halides is 1. The van der Waals surface area contributed by atoms with Crippen molar-refractivity contribution in [2.45, 2.75) is 12.6 Å². The van der Waals surface area contributed by atoms with E-state index in [4.69, 9.17) is 16.0 Å². The van der Waals surface area contributed by atoms with E-state index in [9.17, 15) is 23.2 Å². The number of benzene rings is 2. The number of carbonyl (C=O) groups excluding carboxylic acids is 3. The zero-order valence-electron chi connectivity index (χ0n) is 18.9. The van der Waals surface area contributed by atoms with Gasteiger partial charge in [0, 0.05) is 37.6 Å². The number of oxazole rings is 1. The van der Waals surface area contributed by atoms with Gasteiger partial charge in [-0.15, -0.1) is 0 Å². The molecule has 1 aromatic heterocycles. The normalized spacial score (nSPS) is 15.5. The Bertz CT molecular complexity index is 1270. The summed E-state index contributed by atoms with van der Waals surface area (Å²) < 4.78 is 31.6. The molecule has 3 amide bonds. The van der Waals surface area contributed by atoms with Gasteiger partial charge in [0.15, 0.2) is 12.1 Å². The fraction of sp³-hybridized carbons (Fsp3) is 0.250. The Morgan fingerprint density at radius 1 is 1.06 bits per heavy atom. The van der Waals surface area contributed by atoms with Crippen molar-refractivity contribution in [1.82, 2.24) is 15.2 Å². The van der Waals surface area contributed by atoms with Crippen LogP contribution in [-0.2, 0) is 0 Å². The van der Waals surface area contributed by atoms with E-state index in [0.29, 0.717) is 37.4 Å². The molecular formula is C24H22ClF2N5O4. The highest BCUT2D eigenvalue weighted by molar-refractivity contribution is 6.34. The van der Waals surface area contributed by atoms with Gasteiger partial charge in [0.1, 0.15) is 12.0 Å². The van der Waals surface area contributed by atoms with Crippen LogP contribution >= 0.6 is 11.6 Å². The molecule has 9 nitrogen and oxygen atoms in total. The largest absolute Gasteiger partial charge is 0.437 e. The molecule has 1 aliphatic heterocycles. The van der Waals surface area contributed by atoms with E-state index in [-0.39, 0.29) is 28.6 Å². The van der Waals surface area contributed by atoms with Gasteiger partial charge in [-0.05, 0) is 48.9 Å². The Hall–Kier alpha value is -3.83. The maximum atomic E-state index is 13.2. The fourth-order valence-corrected chi connectivity index (χ4v) is 3.92. The minimum absolute atomic E-state index is 0.0206. The quantitative estimate of drug-likeness (QED) is 0.419. The van der Waals surface area contributed by atoms with Crippen LogP contribution in [0.2, 0.25) is 5.02 Å². The van der Waals surface area contributed by atoms with Gasteiger partial charge in [-0.2, -0.15) is 0 Å². The molecule has 1 aliphatic rings. The fourth-order valence-electron chi connectivity index (χ4n) is 3.67. The lowest BCUT2D eigenvalue weighted by Gasteiger charge is -2.14. The molecule has 1 atom stereocenters. The molecule has 12 heteroatoms. The molecule has 36 heavy (non-hydrogen) atoms. The number of rotatable bonds is 8. The van der Waals surface area contributed by atoms with Crippen LogP contribution < -0.4 is 16.0 Å². The zero-order valence-corrected chi connectivity index (χ0v) is 19.6. The average molecular weight is 518 g/mol. The van der Waals surface area contributed by atoms with Gasteiger partial charge in [0.25, 0.3) is 17.7 Å². The molecule has 3 N–H and O–H groups in total. The van der Waals surface area contributed by atoms with Crippen molar-refractivity contribution in [3.05, 3.63) is 76.7 Å². The number of anilines is 2. The second-order valence-corrected chi connectivity index (χ2v) is 8.49. The number of nitrogens with zero attached hydrogens (tertiary/aromatic N) is 2. The molecule has 0 radical (unpaired) electrons. The third kappa shape index (κ3) is 6.23. The lowest BCUT2D eigenvalue weighted by Crippen LogP contribution is -2.34. The Morgan fingerprint density at radius 3 is 2.39 bits per heavy atom. The van der Waals surface area contributed by atoms with Gasteiger partial charge in [0.2, 0.25) is 5.76 Å². The van der Waals surface area contributed by atoms with Crippen molar-refractivity contribution in [1.29, 1.82) is 0 Å². The van der Waals surface area contributed by atoms with Crippen molar-refractivity contribution >= 4 is 40.7 Å². The van der Waals surface area contributed by atoms with Crippen LogP contribution in [0.5, 0.6) is 0 Å². The average Bonchev–Trinajstić information content (AvgIpc) is 3.49. The number of halogens is 3. The number of nitrogens with one attached hydrogen (secondary N) is 3. The van der Waals surface area contributed by atoms with Crippen molar-refractivity contribution in [3.8, 4) is 0 Å². The van der Waals surface area contributed by atoms with Gasteiger partial charge >= 0.3 is 0 Å². The summed E-state index contributed by atoms with van der Waals surface area (Å²) in [4.78, 5) is 43.2. The molecule has 1 saturated heterocycles. The van der Waals surface area contributed by atoms with E-state index < -0.39 is 29.7 Å². The summed E-state index contributed by atoms with van der Waals surface area (Å²) in [6, 6.07) is 9.60. The molecule has 3 aromatic rings. The molecule has 0 bridgehead atoms. The van der Waals surface area contributed by atoms with E-state index in [1.54, 1.807) is 12.1 Å². The molecule has 0 spiro atoms. The van der Waals surface area contributed by atoms with Gasteiger partial charge < -0.3 is 20.4 Å². The number of hydrogen-bond donors (Lipinski definition) is 3. The van der Waals surface area contributed by atoms with Crippen molar-refractivity contribution in [2.75, 3.05) is 36.8 Å². The first-order valence-corrected chi connectivity index (χ1v) is 11.4. The predicted octanol–water partition coefficient (Wildman–Crippen LogP) is 3.75. The molecule has 0 saturated carbocycles. The molecular weight excluding hydrogens is 496 g/mol. The van der Waals surface area contributed by atoms with Gasteiger partial charge in [-0.1, -0.05) is 11.6 Å². The van der Waals surface area contributed by atoms with Crippen molar-refractivity contribution in [3.63, 3.8) is 0 Å². The lowest BCUT2D eigenvalue weighted by atomic mass is 10.2. The molecule has 0 aliphatic carbocycles. The Kier molecular flexibility index (Phi) is 7.91. The molecule has 1 fully saturated rings. The highest BCUT2D eigenvalue weighted by Gasteiger charge is 2.24. The first-order valence-electron chi connectivity index (χ1n) is 11.1. The third-order valence-electron chi connectivity index (χ3n) is 5.49. The molecule has 2 aromatic carbocycles. The van der Waals surface area contributed by atoms with Crippen LogP contribution in [0.1, 0.15) is 37.8 Å². The predicted molar refractivity (Wildman–Crippen MR) is 129 cm³/mol. The molecule has 4 rings (SSSR count). The minimum Gasteiger partial charge on any atom is -0.437 e. The first kappa shape index (κ1) is 25.3. The second-order valence-electron chi connectivity index (χ2n) is 8.08. The molecule has 1 unspecified atom stereocenters. The van der Waals surface area contributed by atoms with Crippen LogP contribution in [0.3, 0.4) is 0 Å². The summed E-state index contributed by atoms with van der Waals surface area (Å²) in [7, 11) is 0. The Labute approximate surface area is 209 Å². The van der Waals surface area contributed by atoms with E-state index in [2.05, 4.69) is 20.9 Å². The summed E-state index contributed by atoms with van der Waals surface area (Å²) in [5.41, 5.74) is 0.724. The number of hydrogen-bond acceptors (Lipinski definition) is 6. The van der Waals surface area contributed by atoms with E-state index in [0.717, 1.165) is 18.5 Å². The molecule has 188 valence electrons. The summed E-state index contributed by atoms with van der Waals surface area (Å²) in [6.45, 7) is 1.74. The van der Waals surface area contributed by atoms with Crippen LogP contribution in [0.15, 0.2) is 53.3 Å². The Morgan fingerprint density at radius 2 is 1.75 bits per heavy atom. The van der Waals surface area contributed by atoms with E-state index in [1.165, 1.54) is 18.2 Å². The van der Waals surface area contributed by atoms with Crippen LogP contribution in [-0.4, -0.2) is 60.0 Å². The highest BCUT2D eigenvalue weighted by Crippen LogP contribution is 2.21.